The van der Waals surface area contributed by atoms with E-state index in [1.807, 2.05) is 43.9 Å². The highest BCUT2D eigenvalue weighted by Gasteiger charge is 2.57. The fraction of sp³-hybridized carbons (Fsp3) is 0.579. The Kier molecular flexibility index (Phi) is 3.95. The largest absolute Gasteiger partial charge is 0.444 e. The molecule has 124 valence electrons. The number of hydrogen-bond donors (Lipinski definition) is 0. The zero-order valence-electron chi connectivity index (χ0n) is 14.1. The second-order valence-corrected chi connectivity index (χ2v) is 7.86. The van der Waals surface area contributed by atoms with Crippen LogP contribution in [0.2, 0.25) is 0 Å². The second kappa shape index (κ2) is 5.66. The SMILES string of the molecule is CC(C)(C)OC(=O)N1CCC2(C[C@H]2C=O)C[C@H]1c1ccccc1. The van der Waals surface area contributed by atoms with E-state index >= 15 is 0 Å². The molecule has 1 heterocycles. The maximum absolute atomic E-state index is 12.6. The number of likely N-dealkylation sites (tertiary alicyclic amines) is 1. The van der Waals surface area contributed by atoms with E-state index in [1.165, 1.54) is 0 Å². The Balaban J connectivity index is 1.84. The number of ether oxygens (including phenoxy) is 1. The van der Waals surface area contributed by atoms with Crippen LogP contribution in [0.1, 0.15) is 51.6 Å². The smallest absolute Gasteiger partial charge is 0.410 e. The summed E-state index contributed by atoms with van der Waals surface area (Å²) < 4.78 is 5.59. The van der Waals surface area contributed by atoms with Gasteiger partial charge in [0, 0.05) is 12.5 Å². The minimum absolute atomic E-state index is 0.00949. The summed E-state index contributed by atoms with van der Waals surface area (Å²) in [6.45, 7) is 6.31. The van der Waals surface area contributed by atoms with Gasteiger partial charge in [-0.25, -0.2) is 4.79 Å². The first-order valence-electron chi connectivity index (χ1n) is 8.34. The first kappa shape index (κ1) is 16.0. The lowest BCUT2D eigenvalue weighted by molar-refractivity contribution is -0.109. The number of benzene rings is 1. The summed E-state index contributed by atoms with van der Waals surface area (Å²) in [6.07, 6.45) is 3.52. The van der Waals surface area contributed by atoms with Gasteiger partial charge in [0.2, 0.25) is 0 Å². The maximum atomic E-state index is 12.6. The lowest BCUT2D eigenvalue weighted by Crippen LogP contribution is -2.44. The van der Waals surface area contributed by atoms with Gasteiger partial charge in [-0.15, -0.1) is 0 Å². The van der Waals surface area contributed by atoms with E-state index in [4.69, 9.17) is 4.74 Å². The number of rotatable bonds is 2. The Labute approximate surface area is 137 Å². The topological polar surface area (TPSA) is 46.6 Å². The highest BCUT2D eigenvalue weighted by molar-refractivity contribution is 5.69. The zero-order chi connectivity index (χ0) is 16.7. The third kappa shape index (κ3) is 3.26. The summed E-state index contributed by atoms with van der Waals surface area (Å²) in [5.74, 6) is 0.162. The van der Waals surface area contributed by atoms with Gasteiger partial charge in [0.05, 0.1) is 6.04 Å². The Morgan fingerprint density at radius 2 is 1.96 bits per heavy atom. The average Bonchev–Trinajstić information content (AvgIpc) is 3.18. The van der Waals surface area contributed by atoms with Crippen molar-refractivity contribution >= 4 is 12.4 Å². The van der Waals surface area contributed by atoms with E-state index in [0.717, 1.165) is 31.1 Å². The molecular weight excluding hydrogens is 290 g/mol. The Hall–Kier alpha value is -1.84. The van der Waals surface area contributed by atoms with Crippen LogP contribution in [-0.2, 0) is 9.53 Å². The summed E-state index contributed by atoms with van der Waals surface area (Å²) >= 11 is 0. The molecule has 1 aliphatic heterocycles. The molecule has 3 atom stereocenters. The van der Waals surface area contributed by atoms with Gasteiger partial charge < -0.3 is 14.4 Å². The van der Waals surface area contributed by atoms with Crippen molar-refractivity contribution in [3.63, 3.8) is 0 Å². The predicted octanol–water partition coefficient (Wildman–Crippen LogP) is 3.96. The van der Waals surface area contributed by atoms with Gasteiger partial charge in [-0.3, -0.25) is 0 Å². The van der Waals surface area contributed by atoms with Crippen molar-refractivity contribution in [1.29, 1.82) is 0 Å². The number of amides is 1. The molecule has 1 aromatic rings. The molecule has 1 spiro atoms. The van der Waals surface area contributed by atoms with Crippen molar-refractivity contribution in [3.05, 3.63) is 35.9 Å². The van der Waals surface area contributed by atoms with E-state index < -0.39 is 5.60 Å². The number of hydrogen-bond acceptors (Lipinski definition) is 3. The molecule has 4 nitrogen and oxygen atoms in total. The fourth-order valence-electron chi connectivity index (χ4n) is 3.70. The van der Waals surface area contributed by atoms with Crippen LogP contribution in [0.15, 0.2) is 30.3 Å². The fourth-order valence-corrected chi connectivity index (χ4v) is 3.70. The lowest BCUT2D eigenvalue weighted by atomic mass is 9.83. The molecule has 2 fully saturated rings. The maximum Gasteiger partial charge on any atom is 0.410 e. The highest BCUT2D eigenvalue weighted by Crippen LogP contribution is 2.61. The van der Waals surface area contributed by atoms with Crippen molar-refractivity contribution in [3.8, 4) is 0 Å². The van der Waals surface area contributed by atoms with Crippen LogP contribution < -0.4 is 0 Å². The summed E-state index contributed by atoms with van der Waals surface area (Å²) in [4.78, 5) is 25.6. The molecule has 1 amide bonds. The van der Waals surface area contributed by atoms with E-state index in [2.05, 4.69) is 12.1 Å². The molecule has 0 aromatic heterocycles. The van der Waals surface area contributed by atoms with Gasteiger partial charge in [-0.05, 0) is 51.0 Å². The molecule has 1 aromatic carbocycles. The van der Waals surface area contributed by atoms with Crippen LogP contribution in [0.5, 0.6) is 0 Å². The van der Waals surface area contributed by atoms with Crippen molar-refractivity contribution in [2.24, 2.45) is 11.3 Å². The number of carbonyl (C=O) groups is 2. The molecular formula is C19H25NO3. The normalized spacial score (nSPS) is 30.1. The predicted molar refractivity (Wildman–Crippen MR) is 88.0 cm³/mol. The van der Waals surface area contributed by atoms with Crippen molar-refractivity contribution in [2.45, 2.75) is 51.7 Å². The van der Waals surface area contributed by atoms with Gasteiger partial charge in [-0.1, -0.05) is 30.3 Å². The standard InChI is InChI=1S/C19H25NO3/c1-18(2,3)23-17(22)20-10-9-19(11-15(19)13-21)12-16(20)14-7-5-4-6-8-14/h4-8,13,15-16H,9-12H2,1-3H3/t15-,16-,19?/m0/s1. The first-order valence-corrected chi connectivity index (χ1v) is 8.34. The highest BCUT2D eigenvalue weighted by atomic mass is 16.6. The number of aldehydes is 1. The molecule has 2 aliphatic rings. The minimum atomic E-state index is -0.502. The minimum Gasteiger partial charge on any atom is -0.444 e. The molecule has 0 N–H and O–H groups in total. The van der Waals surface area contributed by atoms with Crippen LogP contribution in [0, 0.1) is 11.3 Å². The molecule has 1 saturated heterocycles. The summed E-state index contributed by atoms with van der Waals surface area (Å²) in [5, 5.41) is 0. The monoisotopic (exact) mass is 315 g/mol. The summed E-state index contributed by atoms with van der Waals surface area (Å²) in [5.41, 5.74) is 0.716. The quantitative estimate of drug-likeness (QED) is 0.776. The van der Waals surface area contributed by atoms with Gasteiger partial charge in [0.25, 0.3) is 0 Å². The average molecular weight is 315 g/mol. The van der Waals surface area contributed by atoms with Crippen LogP contribution >= 0.6 is 0 Å². The lowest BCUT2D eigenvalue weighted by Gasteiger charge is -2.41. The van der Waals surface area contributed by atoms with Crippen LogP contribution in [0.25, 0.3) is 0 Å². The Bertz CT molecular complexity index is 592. The third-order valence-corrected chi connectivity index (χ3v) is 5.06. The van der Waals surface area contributed by atoms with Crippen molar-refractivity contribution in [1.82, 2.24) is 4.90 Å². The molecule has 23 heavy (non-hydrogen) atoms. The van der Waals surface area contributed by atoms with E-state index in [1.54, 1.807) is 0 Å². The van der Waals surface area contributed by atoms with Gasteiger partial charge in [0.15, 0.2) is 0 Å². The molecule has 4 heteroatoms. The first-order chi connectivity index (χ1) is 10.8. The number of carbonyl (C=O) groups excluding carboxylic acids is 2. The number of nitrogens with zero attached hydrogens (tertiary/aromatic N) is 1. The van der Waals surface area contributed by atoms with Gasteiger partial charge in [-0.2, -0.15) is 0 Å². The van der Waals surface area contributed by atoms with Crippen LogP contribution in [0.3, 0.4) is 0 Å². The van der Waals surface area contributed by atoms with Gasteiger partial charge >= 0.3 is 6.09 Å². The van der Waals surface area contributed by atoms with Crippen molar-refractivity contribution in [2.75, 3.05) is 6.54 Å². The molecule has 1 saturated carbocycles. The Morgan fingerprint density at radius 1 is 1.26 bits per heavy atom. The molecule has 3 rings (SSSR count). The van der Waals surface area contributed by atoms with Crippen molar-refractivity contribution < 1.29 is 14.3 Å². The summed E-state index contributed by atoms with van der Waals surface area (Å²) in [7, 11) is 0. The molecule has 0 bridgehead atoms. The molecule has 1 unspecified atom stereocenters. The van der Waals surface area contributed by atoms with E-state index in [9.17, 15) is 9.59 Å². The van der Waals surface area contributed by atoms with E-state index in [-0.39, 0.29) is 23.5 Å². The van der Waals surface area contributed by atoms with E-state index in [0.29, 0.717) is 6.54 Å². The van der Waals surface area contributed by atoms with Crippen LogP contribution in [0.4, 0.5) is 4.79 Å². The third-order valence-electron chi connectivity index (χ3n) is 5.06. The number of piperidine rings is 1. The van der Waals surface area contributed by atoms with Crippen LogP contribution in [-0.4, -0.2) is 29.4 Å². The molecule has 0 radical (unpaired) electrons. The van der Waals surface area contributed by atoms with Gasteiger partial charge in [0.1, 0.15) is 11.9 Å². The Morgan fingerprint density at radius 3 is 2.52 bits per heavy atom. The summed E-state index contributed by atoms with van der Waals surface area (Å²) in [6, 6.07) is 10.1. The second-order valence-electron chi connectivity index (χ2n) is 7.86. The molecule has 1 aliphatic carbocycles. The zero-order valence-corrected chi connectivity index (χ0v) is 14.1.